The standard InChI is InChI=1S/C18H17N3O3/c1-23-18-17(24-18)21-12-7-8-13-14(10-19-15(13)9-12)16(22)20-11-5-3-2-4-6-11/h2-10,17-19,21H,1H3,(H,20,22)/t17-,18+/m0/s1. The lowest BCUT2D eigenvalue weighted by molar-refractivity contribution is 0.0949. The van der Waals surface area contributed by atoms with E-state index in [4.69, 9.17) is 9.47 Å². The lowest BCUT2D eigenvalue weighted by Crippen LogP contribution is -2.11. The molecule has 0 spiro atoms. The van der Waals surface area contributed by atoms with Crippen LogP contribution in [0.5, 0.6) is 0 Å². The maximum atomic E-state index is 12.5. The molecule has 1 aliphatic rings. The minimum absolute atomic E-state index is 0.122. The minimum Gasteiger partial charge on any atom is -0.360 e. The zero-order valence-corrected chi connectivity index (χ0v) is 13.1. The predicted octanol–water partition coefficient (Wildman–Crippen LogP) is 3.16. The van der Waals surface area contributed by atoms with E-state index in [1.807, 2.05) is 48.5 Å². The normalized spacial score (nSPS) is 19.2. The molecule has 4 rings (SSSR count). The molecule has 1 saturated heterocycles. The third-order valence-electron chi connectivity index (χ3n) is 3.95. The minimum atomic E-state index is -0.198. The summed E-state index contributed by atoms with van der Waals surface area (Å²) >= 11 is 0. The topological polar surface area (TPSA) is 78.7 Å². The van der Waals surface area contributed by atoms with Gasteiger partial charge in [0.2, 0.25) is 6.29 Å². The van der Waals surface area contributed by atoms with E-state index in [2.05, 4.69) is 15.6 Å². The Hall–Kier alpha value is -2.83. The summed E-state index contributed by atoms with van der Waals surface area (Å²) in [7, 11) is 1.61. The summed E-state index contributed by atoms with van der Waals surface area (Å²) in [5, 5.41) is 6.98. The number of anilines is 2. The fraction of sp³-hybridized carbons (Fsp3) is 0.167. The Balaban J connectivity index is 1.53. The Kier molecular flexibility index (Phi) is 3.68. The predicted molar refractivity (Wildman–Crippen MR) is 92.0 cm³/mol. The average Bonchev–Trinajstić information content (AvgIpc) is 3.22. The van der Waals surface area contributed by atoms with Gasteiger partial charge in [-0.25, -0.2) is 0 Å². The molecular weight excluding hydrogens is 306 g/mol. The molecule has 2 atom stereocenters. The van der Waals surface area contributed by atoms with E-state index in [1.165, 1.54) is 0 Å². The van der Waals surface area contributed by atoms with Gasteiger partial charge < -0.3 is 25.1 Å². The average molecular weight is 323 g/mol. The summed E-state index contributed by atoms with van der Waals surface area (Å²) in [5.74, 6) is -0.141. The van der Waals surface area contributed by atoms with Crippen molar-refractivity contribution in [3.05, 3.63) is 60.3 Å². The number of aromatic nitrogens is 1. The molecule has 6 heteroatoms. The largest absolute Gasteiger partial charge is 0.360 e. The van der Waals surface area contributed by atoms with Crippen molar-refractivity contribution in [1.29, 1.82) is 0 Å². The van der Waals surface area contributed by atoms with Gasteiger partial charge in [0, 0.05) is 35.6 Å². The first-order valence-corrected chi connectivity index (χ1v) is 7.67. The van der Waals surface area contributed by atoms with Crippen LogP contribution in [0.1, 0.15) is 10.4 Å². The monoisotopic (exact) mass is 323 g/mol. The van der Waals surface area contributed by atoms with Crippen molar-refractivity contribution in [2.75, 3.05) is 17.7 Å². The number of carbonyl (C=O) groups excluding carboxylic acids is 1. The number of benzene rings is 2. The first-order valence-electron chi connectivity index (χ1n) is 7.67. The van der Waals surface area contributed by atoms with Crippen LogP contribution in [0, 0.1) is 0 Å². The number of fused-ring (bicyclic) bond motifs is 1. The number of methoxy groups -OCH3 is 1. The molecule has 122 valence electrons. The van der Waals surface area contributed by atoms with E-state index in [0.29, 0.717) is 5.56 Å². The van der Waals surface area contributed by atoms with Gasteiger partial charge in [-0.2, -0.15) is 0 Å². The number of aromatic amines is 1. The molecule has 3 aromatic rings. The van der Waals surface area contributed by atoms with Crippen molar-refractivity contribution < 1.29 is 14.3 Å². The summed E-state index contributed by atoms with van der Waals surface area (Å²) in [4.78, 5) is 15.6. The van der Waals surface area contributed by atoms with Crippen molar-refractivity contribution in [3.63, 3.8) is 0 Å². The second kappa shape index (κ2) is 5.99. The molecule has 24 heavy (non-hydrogen) atoms. The van der Waals surface area contributed by atoms with Gasteiger partial charge in [0.15, 0.2) is 6.23 Å². The quantitative estimate of drug-likeness (QED) is 0.630. The van der Waals surface area contributed by atoms with Gasteiger partial charge in [0.05, 0.1) is 5.56 Å². The summed E-state index contributed by atoms with van der Waals surface area (Å²) in [6, 6.07) is 15.2. The second-order valence-corrected chi connectivity index (χ2v) is 5.59. The van der Waals surface area contributed by atoms with Gasteiger partial charge >= 0.3 is 0 Å². The van der Waals surface area contributed by atoms with E-state index in [0.717, 1.165) is 22.3 Å². The number of epoxide rings is 1. The van der Waals surface area contributed by atoms with Gasteiger partial charge in [0.25, 0.3) is 5.91 Å². The molecule has 2 heterocycles. The zero-order valence-electron chi connectivity index (χ0n) is 13.1. The van der Waals surface area contributed by atoms with Gasteiger partial charge in [0.1, 0.15) is 0 Å². The third-order valence-corrected chi connectivity index (χ3v) is 3.95. The van der Waals surface area contributed by atoms with Crippen LogP contribution in [0.15, 0.2) is 54.7 Å². The van der Waals surface area contributed by atoms with E-state index in [9.17, 15) is 4.79 Å². The highest BCUT2D eigenvalue weighted by Crippen LogP contribution is 2.28. The molecule has 1 aromatic heterocycles. The van der Waals surface area contributed by atoms with E-state index in [-0.39, 0.29) is 18.4 Å². The number of hydrogen-bond donors (Lipinski definition) is 3. The SMILES string of the molecule is CO[C@@H]1O[C@@H]1Nc1ccc2c(C(=O)Nc3ccccc3)c[nH]c2c1. The maximum Gasteiger partial charge on any atom is 0.257 e. The Morgan fingerprint density at radius 2 is 2.00 bits per heavy atom. The number of ether oxygens (including phenoxy) is 2. The molecule has 1 aliphatic heterocycles. The zero-order chi connectivity index (χ0) is 16.5. The van der Waals surface area contributed by atoms with E-state index in [1.54, 1.807) is 13.3 Å². The van der Waals surface area contributed by atoms with Crippen LogP contribution in [-0.4, -0.2) is 30.5 Å². The summed E-state index contributed by atoms with van der Waals surface area (Å²) < 4.78 is 10.4. The van der Waals surface area contributed by atoms with Crippen LogP contribution in [0.4, 0.5) is 11.4 Å². The highest BCUT2D eigenvalue weighted by molar-refractivity contribution is 6.13. The van der Waals surface area contributed by atoms with E-state index >= 15 is 0 Å². The summed E-state index contributed by atoms with van der Waals surface area (Å²) in [6.45, 7) is 0. The molecule has 1 fully saturated rings. The fourth-order valence-electron chi connectivity index (χ4n) is 2.67. The number of amides is 1. The molecular formula is C18H17N3O3. The van der Waals surface area contributed by atoms with Crippen LogP contribution in [0.2, 0.25) is 0 Å². The number of H-pyrrole nitrogens is 1. The Labute approximate surface area is 138 Å². The van der Waals surface area contributed by atoms with Gasteiger partial charge in [-0.1, -0.05) is 18.2 Å². The number of rotatable bonds is 5. The van der Waals surface area contributed by atoms with E-state index < -0.39 is 0 Å². The lowest BCUT2D eigenvalue weighted by atomic mass is 10.1. The third kappa shape index (κ3) is 2.84. The fourth-order valence-corrected chi connectivity index (χ4v) is 2.67. The van der Waals surface area contributed by atoms with Gasteiger partial charge in [-0.05, 0) is 30.3 Å². The van der Waals surface area contributed by atoms with Crippen LogP contribution >= 0.6 is 0 Å². The van der Waals surface area contributed by atoms with Crippen molar-refractivity contribution in [2.24, 2.45) is 0 Å². The number of hydrogen-bond acceptors (Lipinski definition) is 4. The van der Waals surface area contributed by atoms with Crippen molar-refractivity contribution in [2.45, 2.75) is 12.5 Å². The van der Waals surface area contributed by atoms with Gasteiger partial charge in [-0.3, -0.25) is 4.79 Å². The molecule has 2 aromatic carbocycles. The Bertz CT molecular complexity index is 876. The highest BCUT2D eigenvalue weighted by Gasteiger charge is 2.39. The highest BCUT2D eigenvalue weighted by atomic mass is 16.8. The Morgan fingerprint density at radius 3 is 2.75 bits per heavy atom. The first kappa shape index (κ1) is 14.7. The van der Waals surface area contributed by atoms with Gasteiger partial charge in [-0.15, -0.1) is 0 Å². The molecule has 3 N–H and O–H groups in total. The van der Waals surface area contributed by atoms with Crippen LogP contribution < -0.4 is 10.6 Å². The van der Waals surface area contributed by atoms with Crippen molar-refractivity contribution in [1.82, 2.24) is 4.98 Å². The van der Waals surface area contributed by atoms with Crippen LogP contribution in [-0.2, 0) is 9.47 Å². The Morgan fingerprint density at radius 1 is 1.17 bits per heavy atom. The van der Waals surface area contributed by atoms with Crippen molar-refractivity contribution >= 4 is 28.2 Å². The number of para-hydroxylation sites is 1. The van der Waals surface area contributed by atoms with Crippen molar-refractivity contribution in [3.8, 4) is 0 Å². The summed E-state index contributed by atoms with van der Waals surface area (Å²) in [6.07, 6.45) is 1.40. The smallest absolute Gasteiger partial charge is 0.257 e. The molecule has 0 aliphatic carbocycles. The maximum absolute atomic E-state index is 12.5. The molecule has 0 saturated carbocycles. The number of nitrogens with one attached hydrogen (secondary N) is 3. The summed E-state index contributed by atoms with van der Waals surface area (Å²) in [5.41, 5.74) is 3.17. The molecule has 0 radical (unpaired) electrons. The molecule has 0 unspecified atom stereocenters. The van der Waals surface area contributed by atoms with Crippen LogP contribution in [0.3, 0.4) is 0 Å². The molecule has 1 amide bonds. The second-order valence-electron chi connectivity index (χ2n) is 5.59. The van der Waals surface area contributed by atoms with Crippen LogP contribution in [0.25, 0.3) is 10.9 Å². The lowest BCUT2D eigenvalue weighted by Gasteiger charge is -2.05. The molecule has 6 nitrogen and oxygen atoms in total. The molecule has 0 bridgehead atoms. The number of carbonyl (C=O) groups is 1. The first-order chi connectivity index (χ1) is 11.7.